The molecule has 0 saturated carbocycles. The number of aliphatic hydroxyl groups excluding tert-OH is 1. The molecule has 0 spiro atoms. The minimum atomic E-state index is -0.131. The van der Waals surface area contributed by atoms with Gasteiger partial charge in [0, 0.05) is 30.5 Å². The number of nitrogens with zero attached hydrogens (tertiary/aromatic N) is 3. The zero-order chi connectivity index (χ0) is 16.3. The third-order valence-electron chi connectivity index (χ3n) is 3.51. The van der Waals surface area contributed by atoms with Gasteiger partial charge in [0.15, 0.2) is 5.82 Å². The molecule has 0 aliphatic rings. The number of aliphatic hydroxyl groups is 1. The second kappa shape index (κ2) is 6.62. The number of aromatic nitrogens is 2. The van der Waals surface area contributed by atoms with E-state index < -0.39 is 0 Å². The molecular weight excluding hydrogens is 282 g/mol. The predicted octanol–water partition coefficient (Wildman–Crippen LogP) is 2.01. The molecule has 1 N–H and O–H groups in total. The first kappa shape index (κ1) is 16.0. The fraction of sp³-hybridized carbons (Fsp3) is 0.375. The summed E-state index contributed by atoms with van der Waals surface area (Å²) >= 11 is 0. The van der Waals surface area contributed by atoms with Crippen LogP contribution in [0.25, 0.3) is 5.82 Å². The minimum absolute atomic E-state index is 0.0825. The van der Waals surface area contributed by atoms with Crippen LogP contribution in [0.1, 0.15) is 27.5 Å². The van der Waals surface area contributed by atoms with E-state index in [-0.39, 0.29) is 19.1 Å². The topological polar surface area (TPSA) is 71.5 Å². The van der Waals surface area contributed by atoms with Crippen molar-refractivity contribution in [1.29, 1.82) is 0 Å². The Morgan fingerprint density at radius 2 is 2.18 bits per heavy atom. The van der Waals surface area contributed by atoms with Gasteiger partial charge in [-0.3, -0.25) is 9.36 Å². The molecule has 0 aliphatic heterocycles. The maximum Gasteiger partial charge on any atom is 0.256 e. The maximum absolute atomic E-state index is 12.7. The smallest absolute Gasteiger partial charge is 0.256 e. The zero-order valence-corrected chi connectivity index (χ0v) is 13.2. The molecule has 0 radical (unpaired) electrons. The van der Waals surface area contributed by atoms with Crippen LogP contribution in [0, 0.1) is 20.8 Å². The third-order valence-corrected chi connectivity index (χ3v) is 3.51. The highest BCUT2D eigenvalue weighted by Crippen LogP contribution is 2.22. The van der Waals surface area contributed by atoms with E-state index in [0.717, 1.165) is 11.4 Å². The molecule has 0 atom stereocenters. The molecule has 0 aromatic carbocycles. The number of aryl methyl sites for hydroxylation is 2. The monoisotopic (exact) mass is 303 g/mol. The number of hydrogen-bond acceptors (Lipinski definition) is 4. The third kappa shape index (κ3) is 2.96. The van der Waals surface area contributed by atoms with Crippen molar-refractivity contribution < 1.29 is 14.4 Å². The Balaban J connectivity index is 2.40. The lowest BCUT2D eigenvalue weighted by atomic mass is 10.2. The highest BCUT2D eigenvalue weighted by atomic mass is 16.5. The summed E-state index contributed by atoms with van der Waals surface area (Å²) in [6.45, 7) is 9.85. The molecule has 2 aromatic rings. The molecule has 1 amide bonds. The van der Waals surface area contributed by atoms with Gasteiger partial charge < -0.3 is 14.5 Å². The first-order chi connectivity index (χ1) is 10.5. The number of carbonyl (C=O) groups excluding carboxylic acids is 1. The molecule has 118 valence electrons. The van der Waals surface area contributed by atoms with E-state index >= 15 is 0 Å². The Hall–Kier alpha value is -2.34. The molecule has 6 heteroatoms. The Morgan fingerprint density at radius 1 is 1.45 bits per heavy atom. The molecular formula is C16H21N3O3. The predicted molar refractivity (Wildman–Crippen MR) is 83.2 cm³/mol. The highest BCUT2D eigenvalue weighted by Gasteiger charge is 2.22. The first-order valence-corrected chi connectivity index (χ1v) is 7.13. The van der Waals surface area contributed by atoms with Crippen LogP contribution >= 0.6 is 0 Å². The van der Waals surface area contributed by atoms with Crippen molar-refractivity contribution in [3.8, 4) is 5.82 Å². The normalized spacial score (nSPS) is 10.7. The molecule has 0 bridgehead atoms. The summed E-state index contributed by atoms with van der Waals surface area (Å²) in [6.07, 6.45) is 1.65. The second-order valence-electron chi connectivity index (χ2n) is 5.18. The van der Waals surface area contributed by atoms with Crippen LogP contribution in [0.5, 0.6) is 0 Å². The SMILES string of the molecule is C=CCN(CCO)C(=O)c1cc(C)n(-c2cc(C)on2)c1C. The van der Waals surface area contributed by atoms with E-state index in [1.54, 1.807) is 11.0 Å². The molecule has 0 saturated heterocycles. The molecule has 6 nitrogen and oxygen atoms in total. The fourth-order valence-corrected chi connectivity index (χ4v) is 2.51. The van der Waals surface area contributed by atoms with E-state index in [1.807, 2.05) is 37.5 Å². The molecule has 0 aliphatic carbocycles. The average Bonchev–Trinajstić information content (AvgIpc) is 3.01. The zero-order valence-electron chi connectivity index (χ0n) is 13.2. The molecule has 22 heavy (non-hydrogen) atoms. The lowest BCUT2D eigenvalue weighted by Crippen LogP contribution is -2.34. The van der Waals surface area contributed by atoms with Crippen molar-refractivity contribution in [1.82, 2.24) is 14.6 Å². The number of rotatable bonds is 6. The van der Waals surface area contributed by atoms with Crippen LogP contribution in [0.15, 0.2) is 29.3 Å². The van der Waals surface area contributed by atoms with Gasteiger partial charge in [-0.1, -0.05) is 11.2 Å². The summed E-state index contributed by atoms with van der Waals surface area (Å²) in [6, 6.07) is 3.65. The maximum atomic E-state index is 12.7. The van der Waals surface area contributed by atoms with Crippen LogP contribution in [0.2, 0.25) is 0 Å². The highest BCUT2D eigenvalue weighted by molar-refractivity contribution is 5.96. The number of carbonyl (C=O) groups is 1. The molecule has 2 heterocycles. The molecule has 2 rings (SSSR count). The summed E-state index contributed by atoms with van der Waals surface area (Å²) in [7, 11) is 0. The van der Waals surface area contributed by atoms with E-state index in [4.69, 9.17) is 9.63 Å². The summed E-state index contributed by atoms with van der Waals surface area (Å²) in [5.41, 5.74) is 2.29. The fourth-order valence-electron chi connectivity index (χ4n) is 2.51. The van der Waals surface area contributed by atoms with Gasteiger partial charge in [-0.2, -0.15) is 0 Å². The van der Waals surface area contributed by atoms with E-state index in [1.165, 1.54) is 0 Å². The number of hydrogen-bond donors (Lipinski definition) is 1. The molecule has 2 aromatic heterocycles. The van der Waals surface area contributed by atoms with Crippen molar-refractivity contribution in [3.63, 3.8) is 0 Å². The summed E-state index contributed by atoms with van der Waals surface area (Å²) in [5.74, 6) is 1.24. The first-order valence-electron chi connectivity index (χ1n) is 7.13. The Bertz CT molecular complexity index is 685. The molecule has 0 fully saturated rings. The van der Waals surface area contributed by atoms with Crippen LogP contribution in [0.4, 0.5) is 0 Å². The van der Waals surface area contributed by atoms with Gasteiger partial charge in [0.25, 0.3) is 5.91 Å². The lowest BCUT2D eigenvalue weighted by Gasteiger charge is -2.20. The van der Waals surface area contributed by atoms with Gasteiger partial charge in [-0.05, 0) is 26.8 Å². The van der Waals surface area contributed by atoms with E-state index in [9.17, 15) is 4.79 Å². The van der Waals surface area contributed by atoms with Gasteiger partial charge in [0.2, 0.25) is 0 Å². The van der Waals surface area contributed by atoms with Crippen molar-refractivity contribution in [3.05, 3.63) is 47.5 Å². The van der Waals surface area contributed by atoms with Crippen molar-refractivity contribution in [2.75, 3.05) is 19.7 Å². The average molecular weight is 303 g/mol. The quantitative estimate of drug-likeness (QED) is 0.829. The lowest BCUT2D eigenvalue weighted by molar-refractivity contribution is 0.0742. The van der Waals surface area contributed by atoms with Gasteiger partial charge in [-0.15, -0.1) is 6.58 Å². The van der Waals surface area contributed by atoms with Gasteiger partial charge in [0.05, 0.1) is 12.2 Å². The van der Waals surface area contributed by atoms with Crippen molar-refractivity contribution in [2.45, 2.75) is 20.8 Å². The van der Waals surface area contributed by atoms with Gasteiger partial charge >= 0.3 is 0 Å². The van der Waals surface area contributed by atoms with Crippen LogP contribution in [0.3, 0.4) is 0 Å². The Labute approximate surface area is 129 Å². The van der Waals surface area contributed by atoms with E-state index in [2.05, 4.69) is 11.7 Å². The van der Waals surface area contributed by atoms with Gasteiger partial charge in [-0.25, -0.2) is 0 Å². The van der Waals surface area contributed by atoms with Crippen LogP contribution in [-0.2, 0) is 0 Å². The molecule has 0 unspecified atom stereocenters. The Kier molecular flexibility index (Phi) is 4.82. The summed E-state index contributed by atoms with van der Waals surface area (Å²) in [4.78, 5) is 14.2. The van der Waals surface area contributed by atoms with Crippen LogP contribution in [-0.4, -0.2) is 45.3 Å². The van der Waals surface area contributed by atoms with Crippen molar-refractivity contribution in [2.24, 2.45) is 0 Å². The second-order valence-corrected chi connectivity index (χ2v) is 5.18. The largest absolute Gasteiger partial charge is 0.395 e. The standard InChI is InChI=1S/C16H21N3O3/c1-5-6-18(7-8-20)16(21)14-9-11(2)19(13(14)4)15-10-12(3)22-17-15/h5,9-10,20H,1,6-8H2,2-4H3. The van der Waals surface area contributed by atoms with Crippen LogP contribution < -0.4 is 0 Å². The van der Waals surface area contributed by atoms with Gasteiger partial charge in [0.1, 0.15) is 5.76 Å². The Morgan fingerprint density at radius 3 is 2.73 bits per heavy atom. The van der Waals surface area contributed by atoms with E-state index in [0.29, 0.717) is 23.7 Å². The summed E-state index contributed by atoms with van der Waals surface area (Å²) in [5, 5.41) is 13.1. The minimum Gasteiger partial charge on any atom is -0.395 e. The summed E-state index contributed by atoms with van der Waals surface area (Å²) < 4.78 is 6.99. The number of amides is 1. The van der Waals surface area contributed by atoms with Crippen molar-refractivity contribution >= 4 is 5.91 Å².